The first kappa shape index (κ1) is 13.6. The minimum Gasteiger partial charge on any atom is -0.408 e. The van der Waals surface area contributed by atoms with Crippen molar-refractivity contribution in [3.63, 3.8) is 0 Å². The molecule has 0 atom stereocenters. The number of rotatable bonds is 3. The molecule has 3 rings (SSSR count). The molecule has 1 aliphatic heterocycles. The molecule has 110 valence electrons. The van der Waals surface area contributed by atoms with Crippen LogP contribution in [-0.4, -0.2) is 41.7 Å². The highest BCUT2D eigenvalue weighted by Crippen LogP contribution is 2.17. The topological polar surface area (TPSA) is 64.7 Å². The Morgan fingerprint density at radius 3 is 2.81 bits per heavy atom. The average Bonchev–Trinajstić information content (AvgIpc) is 2.83. The number of hydrogen-bond acceptors (Lipinski definition) is 4. The lowest BCUT2D eigenvalue weighted by Gasteiger charge is -2.26. The SMILES string of the molecule is C=CCn1c(=O)oc2ccc(C(=O)N3CCOCC3)cc21. The number of fused-ring (bicyclic) bond motifs is 1. The summed E-state index contributed by atoms with van der Waals surface area (Å²) in [6, 6.07) is 5.03. The largest absolute Gasteiger partial charge is 0.420 e. The molecule has 1 aromatic heterocycles. The zero-order chi connectivity index (χ0) is 14.8. The lowest BCUT2D eigenvalue weighted by Crippen LogP contribution is -2.40. The van der Waals surface area contributed by atoms with Crippen molar-refractivity contribution in [2.75, 3.05) is 26.3 Å². The Hall–Kier alpha value is -2.34. The Kier molecular flexibility index (Phi) is 3.62. The van der Waals surface area contributed by atoms with Gasteiger partial charge in [0.15, 0.2) is 5.58 Å². The van der Waals surface area contributed by atoms with Crippen LogP contribution >= 0.6 is 0 Å². The van der Waals surface area contributed by atoms with Crippen molar-refractivity contribution >= 4 is 17.0 Å². The molecule has 0 spiro atoms. The summed E-state index contributed by atoms with van der Waals surface area (Å²) >= 11 is 0. The molecule has 0 unspecified atom stereocenters. The number of carbonyl (C=O) groups is 1. The van der Waals surface area contributed by atoms with Crippen molar-refractivity contribution in [2.24, 2.45) is 0 Å². The third-order valence-electron chi connectivity index (χ3n) is 3.52. The molecule has 1 fully saturated rings. The second kappa shape index (κ2) is 5.57. The summed E-state index contributed by atoms with van der Waals surface area (Å²) in [6.07, 6.45) is 1.62. The number of oxazole rings is 1. The van der Waals surface area contributed by atoms with E-state index in [2.05, 4.69) is 6.58 Å². The minimum atomic E-state index is -0.444. The van der Waals surface area contributed by atoms with Gasteiger partial charge in [-0.1, -0.05) is 6.08 Å². The average molecular weight is 288 g/mol. The smallest absolute Gasteiger partial charge is 0.408 e. The van der Waals surface area contributed by atoms with E-state index in [1.165, 1.54) is 4.57 Å². The fourth-order valence-corrected chi connectivity index (χ4v) is 2.45. The van der Waals surface area contributed by atoms with Crippen molar-refractivity contribution in [1.82, 2.24) is 9.47 Å². The lowest BCUT2D eigenvalue weighted by atomic mass is 10.1. The maximum atomic E-state index is 12.5. The summed E-state index contributed by atoms with van der Waals surface area (Å²) < 4.78 is 11.8. The zero-order valence-corrected chi connectivity index (χ0v) is 11.6. The van der Waals surface area contributed by atoms with Gasteiger partial charge in [0.1, 0.15) is 0 Å². The molecular formula is C15H16N2O4. The summed E-state index contributed by atoms with van der Waals surface area (Å²) in [6.45, 7) is 6.26. The van der Waals surface area contributed by atoms with Gasteiger partial charge in [-0.3, -0.25) is 9.36 Å². The van der Waals surface area contributed by atoms with Crippen LogP contribution in [0.1, 0.15) is 10.4 Å². The number of ether oxygens (including phenoxy) is 1. The number of nitrogens with zero attached hydrogens (tertiary/aromatic N) is 2. The normalized spacial score (nSPS) is 15.3. The van der Waals surface area contributed by atoms with Crippen LogP contribution in [0, 0.1) is 0 Å². The van der Waals surface area contributed by atoms with Crippen LogP contribution in [0.15, 0.2) is 40.1 Å². The van der Waals surface area contributed by atoms with Crippen molar-refractivity contribution in [3.05, 3.63) is 47.0 Å². The molecule has 1 aromatic carbocycles. The van der Waals surface area contributed by atoms with E-state index in [0.29, 0.717) is 49.5 Å². The number of morpholine rings is 1. The molecule has 2 heterocycles. The van der Waals surface area contributed by atoms with Crippen LogP contribution in [-0.2, 0) is 11.3 Å². The van der Waals surface area contributed by atoms with E-state index < -0.39 is 5.76 Å². The van der Waals surface area contributed by atoms with E-state index in [-0.39, 0.29) is 5.91 Å². The second-order valence-electron chi connectivity index (χ2n) is 4.85. The predicted octanol–water partition coefficient (Wildman–Crippen LogP) is 1.25. The molecule has 6 nitrogen and oxygen atoms in total. The van der Waals surface area contributed by atoms with E-state index in [0.717, 1.165) is 0 Å². The molecule has 1 aliphatic rings. The minimum absolute atomic E-state index is 0.0565. The van der Waals surface area contributed by atoms with Crippen LogP contribution in [0.4, 0.5) is 0 Å². The summed E-state index contributed by atoms with van der Waals surface area (Å²) in [5, 5.41) is 0. The summed E-state index contributed by atoms with van der Waals surface area (Å²) in [5.74, 6) is -0.500. The third kappa shape index (κ3) is 2.50. The van der Waals surface area contributed by atoms with Gasteiger partial charge in [0.05, 0.1) is 18.7 Å². The number of allylic oxidation sites excluding steroid dienone is 1. The summed E-state index contributed by atoms with van der Waals surface area (Å²) in [4.78, 5) is 26.0. The van der Waals surface area contributed by atoms with E-state index >= 15 is 0 Å². The summed E-state index contributed by atoms with van der Waals surface area (Å²) in [5.41, 5.74) is 1.63. The van der Waals surface area contributed by atoms with Gasteiger partial charge in [0.25, 0.3) is 5.91 Å². The fraction of sp³-hybridized carbons (Fsp3) is 0.333. The molecule has 0 aliphatic carbocycles. The van der Waals surface area contributed by atoms with Gasteiger partial charge in [0.2, 0.25) is 0 Å². The van der Waals surface area contributed by atoms with Crippen molar-refractivity contribution in [2.45, 2.75) is 6.54 Å². The quantitative estimate of drug-likeness (QED) is 0.797. The van der Waals surface area contributed by atoms with Crippen LogP contribution in [0.25, 0.3) is 11.1 Å². The maximum absolute atomic E-state index is 12.5. The van der Waals surface area contributed by atoms with E-state index in [1.807, 2.05) is 0 Å². The van der Waals surface area contributed by atoms with Crippen molar-refractivity contribution in [3.8, 4) is 0 Å². The van der Waals surface area contributed by atoms with E-state index in [9.17, 15) is 9.59 Å². The Bertz CT molecular complexity index is 738. The zero-order valence-electron chi connectivity index (χ0n) is 11.6. The Morgan fingerprint density at radius 2 is 2.10 bits per heavy atom. The van der Waals surface area contributed by atoms with Gasteiger partial charge in [-0.2, -0.15) is 0 Å². The molecule has 1 saturated heterocycles. The number of benzene rings is 1. The highest BCUT2D eigenvalue weighted by atomic mass is 16.5. The van der Waals surface area contributed by atoms with Crippen molar-refractivity contribution in [1.29, 1.82) is 0 Å². The molecule has 6 heteroatoms. The Morgan fingerprint density at radius 1 is 1.33 bits per heavy atom. The Balaban J connectivity index is 1.99. The highest BCUT2D eigenvalue weighted by Gasteiger charge is 2.20. The van der Waals surface area contributed by atoms with Crippen LogP contribution in [0.5, 0.6) is 0 Å². The maximum Gasteiger partial charge on any atom is 0.420 e. The lowest BCUT2D eigenvalue weighted by molar-refractivity contribution is 0.0303. The number of hydrogen-bond donors (Lipinski definition) is 0. The van der Waals surface area contributed by atoms with Gasteiger partial charge in [-0.25, -0.2) is 4.79 Å². The predicted molar refractivity (Wildman–Crippen MR) is 77.4 cm³/mol. The molecule has 1 amide bonds. The van der Waals surface area contributed by atoms with Gasteiger partial charge in [-0.05, 0) is 18.2 Å². The number of amides is 1. The molecule has 0 saturated carbocycles. The summed E-state index contributed by atoms with van der Waals surface area (Å²) in [7, 11) is 0. The van der Waals surface area contributed by atoms with Gasteiger partial charge in [-0.15, -0.1) is 6.58 Å². The van der Waals surface area contributed by atoms with Crippen LogP contribution in [0.3, 0.4) is 0 Å². The first-order valence-electron chi connectivity index (χ1n) is 6.82. The molecule has 0 radical (unpaired) electrons. The van der Waals surface area contributed by atoms with Crippen LogP contribution in [0.2, 0.25) is 0 Å². The van der Waals surface area contributed by atoms with E-state index in [4.69, 9.17) is 9.15 Å². The van der Waals surface area contributed by atoms with Gasteiger partial charge < -0.3 is 14.1 Å². The number of carbonyl (C=O) groups excluding carboxylic acids is 1. The first-order chi connectivity index (χ1) is 10.2. The molecule has 2 aromatic rings. The van der Waals surface area contributed by atoms with Gasteiger partial charge >= 0.3 is 5.76 Å². The monoisotopic (exact) mass is 288 g/mol. The van der Waals surface area contributed by atoms with Crippen molar-refractivity contribution < 1.29 is 13.9 Å². The standard InChI is InChI=1S/C15H16N2O4/c1-2-5-17-12-10-11(3-4-13(12)21-15(17)19)14(18)16-6-8-20-9-7-16/h2-4,10H,1,5-9H2. The first-order valence-corrected chi connectivity index (χ1v) is 6.82. The fourth-order valence-electron chi connectivity index (χ4n) is 2.45. The molecule has 0 bridgehead atoms. The second-order valence-corrected chi connectivity index (χ2v) is 4.85. The molecule has 21 heavy (non-hydrogen) atoms. The highest BCUT2D eigenvalue weighted by molar-refractivity contribution is 5.97. The van der Waals surface area contributed by atoms with Gasteiger partial charge in [0, 0.05) is 25.2 Å². The number of aromatic nitrogens is 1. The third-order valence-corrected chi connectivity index (χ3v) is 3.52. The van der Waals surface area contributed by atoms with Crippen LogP contribution < -0.4 is 5.76 Å². The molecular weight excluding hydrogens is 272 g/mol. The van der Waals surface area contributed by atoms with E-state index in [1.54, 1.807) is 29.2 Å². The molecule has 0 N–H and O–H groups in total. The Labute approximate surface area is 121 Å².